The number of aryl methyl sites for hydroxylation is 1. The summed E-state index contributed by atoms with van der Waals surface area (Å²) in [6.45, 7) is 4.40. The van der Waals surface area contributed by atoms with Crippen molar-refractivity contribution in [2.24, 2.45) is 0 Å². The Morgan fingerprint density at radius 3 is 3.00 bits per heavy atom. The van der Waals surface area contributed by atoms with Gasteiger partial charge in [-0.25, -0.2) is 14.5 Å². The van der Waals surface area contributed by atoms with Gasteiger partial charge in [0.2, 0.25) is 5.82 Å². The Labute approximate surface area is 146 Å². The van der Waals surface area contributed by atoms with Crippen LogP contribution in [0.5, 0.6) is 5.75 Å². The zero-order valence-electron chi connectivity index (χ0n) is 13.6. The molecule has 25 heavy (non-hydrogen) atoms. The van der Waals surface area contributed by atoms with E-state index in [1.54, 1.807) is 12.3 Å². The molecule has 0 radical (unpaired) electrons. The standard InChI is InChI=1S/C16H14N6O2S/c1-3-24-10-4-5-11-12(8-10)25-16(18-11)20-14(23)13-19-15-17-7-6-9(2)22(15)21-13/h4-8H,3H2,1-2H3,(H,18,20,23). The van der Waals surface area contributed by atoms with Gasteiger partial charge in [0.15, 0.2) is 5.13 Å². The van der Waals surface area contributed by atoms with Crippen LogP contribution in [0.25, 0.3) is 16.0 Å². The van der Waals surface area contributed by atoms with E-state index in [2.05, 4.69) is 25.4 Å². The summed E-state index contributed by atoms with van der Waals surface area (Å²) in [5, 5.41) is 7.41. The van der Waals surface area contributed by atoms with Crippen LogP contribution in [-0.4, -0.2) is 37.1 Å². The van der Waals surface area contributed by atoms with Crippen LogP contribution >= 0.6 is 11.3 Å². The number of benzene rings is 1. The van der Waals surface area contributed by atoms with E-state index >= 15 is 0 Å². The predicted octanol–water partition coefficient (Wildman–Crippen LogP) is 2.69. The van der Waals surface area contributed by atoms with Gasteiger partial charge < -0.3 is 4.74 Å². The lowest BCUT2D eigenvalue weighted by molar-refractivity contribution is 0.101. The van der Waals surface area contributed by atoms with Gasteiger partial charge in [-0.05, 0) is 38.1 Å². The zero-order chi connectivity index (χ0) is 17.4. The number of nitrogens with one attached hydrogen (secondary N) is 1. The molecule has 0 spiro atoms. The van der Waals surface area contributed by atoms with Crippen molar-refractivity contribution in [2.45, 2.75) is 13.8 Å². The maximum atomic E-state index is 12.4. The minimum absolute atomic E-state index is 0.0519. The summed E-state index contributed by atoms with van der Waals surface area (Å²) in [4.78, 5) is 25.1. The number of amides is 1. The molecular weight excluding hydrogens is 340 g/mol. The first-order valence-corrected chi connectivity index (χ1v) is 8.49. The third-order valence-electron chi connectivity index (χ3n) is 3.52. The number of hydrogen-bond acceptors (Lipinski definition) is 7. The number of hydrogen-bond donors (Lipinski definition) is 1. The molecule has 1 amide bonds. The fourth-order valence-corrected chi connectivity index (χ4v) is 3.26. The number of anilines is 1. The molecule has 0 aliphatic rings. The van der Waals surface area contributed by atoms with Crippen LogP contribution in [0.1, 0.15) is 23.2 Å². The third kappa shape index (κ3) is 2.89. The van der Waals surface area contributed by atoms with E-state index in [0.717, 1.165) is 21.7 Å². The van der Waals surface area contributed by atoms with Crippen LogP contribution in [0.4, 0.5) is 5.13 Å². The average molecular weight is 354 g/mol. The summed E-state index contributed by atoms with van der Waals surface area (Å²) in [6, 6.07) is 7.42. The lowest BCUT2D eigenvalue weighted by Gasteiger charge is -2.00. The van der Waals surface area contributed by atoms with Crippen molar-refractivity contribution in [3.8, 4) is 5.75 Å². The maximum Gasteiger partial charge on any atom is 0.297 e. The van der Waals surface area contributed by atoms with Gasteiger partial charge in [0.05, 0.1) is 16.8 Å². The number of thiazole rings is 1. The highest BCUT2D eigenvalue weighted by molar-refractivity contribution is 7.22. The second kappa shape index (κ2) is 6.10. The van der Waals surface area contributed by atoms with Crippen LogP contribution in [0.3, 0.4) is 0 Å². The van der Waals surface area contributed by atoms with Crippen LogP contribution < -0.4 is 10.1 Å². The van der Waals surface area contributed by atoms with Crippen molar-refractivity contribution in [3.63, 3.8) is 0 Å². The average Bonchev–Trinajstić information content (AvgIpc) is 3.19. The van der Waals surface area contributed by atoms with E-state index in [9.17, 15) is 4.79 Å². The first-order valence-electron chi connectivity index (χ1n) is 7.67. The van der Waals surface area contributed by atoms with Crippen LogP contribution in [-0.2, 0) is 0 Å². The highest BCUT2D eigenvalue weighted by Crippen LogP contribution is 2.29. The summed E-state index contributed by atoms with van der Waals surface area (Å²) in [6.07, 6.45) is 1.63. The SMILES string of the molecule is CCOc1ccc2nc(NC(=O)c3nc4nccc(C)n4n3)sc2c1. The quantitative estimate of drug-likeness (QED) is 0.605. The summed E-state index contributed by atoms with van der Waals surface area (Å²) in [5.74, 6) is 0.793. The van der Waals surface area contributed by atoms with E-state index in [1.165, 1.54) is 15.9 Å². The van der Waals surface area contributed by atoms with Crippen LogP contribution in [0.15, 0.2) is 30.5 Å². The topological polar surface area (TPSA) is 94.3 Å². The molecule has 0 unspecified atom stereocenters. The number of carbonyl (C=O) groups is 1. The van der Waals surface area contributed by atoms with Crippen molar-refractivity contribution in [1.82, 2.24) is 24.6 Å². The summed E-state index contributed by atoms with van der Waals surface area (Å²) < 4.78 is 7.94. The minimum Gasteiger partial charge on any atom is -0.494 e. The Kier molecular flexibility index (Phi) is 3.77. The Morgan fingerprint density at radius 2 is 2.20 bits per heavy atom. The molecule has 0 aliphatic carbocycles. The van der Waals surface area contributed by atoms with Crippen LogP contribution in [0, 0.1) is 6.92 Å². The van der Waals surface area contributed by atoms with Crippen molar-refractivity contribution < 1.29 is 9.53 Å². The number of rotatable bonds is 4. The molecule has 0 atom stereocenters. The summed E-state index contributed by atoms with van der Waals surface area (Å²) in [7, 11) is 0. The molecule has 0 saturated carbocycles. The molecule has 3 aromatic heterocycles. The minimum atomic E-state index is -0.422. The second-order valence-electron chi connectivity index (χ2n) is 5.27. The van der Waals surface area contributed by atoms with Gasteiger partial charge in [-0.2, -0.15) is 4.98 Å². The molecule has 0 saturated heterocycles. The monoisotopic (exact) mass is 354 g/mol. The van der Waals surface area contributed by atoms with Crippen molar-refractivity contribution >= 4 is 38.4 Å². The van der Waals surface area contributed by atoms with Gasteiger partial charge in [0.1, 0.15) is 5.75 Å². The zero-order valence-corrected chi connectivity index (χ0v) is 14.4. The van der Waals surface area contributed by atoms with Gasteiger partial charge in [0, 0.05) is 11.9 Å². The fourth-order valence-electron chi connectivity index (χ4n) is 2.37. The Morgan fingerprint density at radius 1 is 1.32 bits per heavy atom. The van der Waals surface area contributed by atoms with Crippen molar-refractivity contribution in [3.05, 3.63) is 42.0 Å². The molecule has 1 N–H and O–H groups in total. The first-order chi connectivity index (χ1) is 12.1. The second-order valence-corrected chi connectivity index (χ2v) is 6.30. The largest absolute Gasteiger partial charge is 0.494 e. The lowest BCUT2D eigenvalue weighted by Crippen LogP contribution is -2.13. The normalized spacial score (nSPS) is 11.1. The smallest absolute Gasteiger partial charge is 0.297 e. The van der Waals surface area contributed by atoms with Crippen LogP contribution in [0.2, 0.25) is 0 Å². The molecule has 1 aromatic carbocycles. The fraction of sp³-hybridized carbons (Fsp3) is 0.188. The van der Waals surface area contributed by atoms with Gasteiger partial charge in [-0.15, -0.1) is 5.10 Å². The lowest BCUT2D eigenvalue weighted by atomic mass is 10.3. The summed E-state index contributed by atoms with van der Waals surface area (Å²) >= 11 is 1.37. The summed E-state index contributed by atoms with van der Waals surface area (Å²) in [5.41, 5.74) is 1.64. The van der Waals surface area contributed by atoms with Gasteiger partial charge in [-0.3, -0.25) is 10.1 Å². The molecule has 126 valence electrons. The number of ether oxygens (including phenoxy) is 1. The van der Waals surface area contributed by atoms with E-state index in [-0.39, 0.29) is 5.82 Å². The van der Waals surface area contributed by atoms with Crippen molar-refractivity contribution in [2.75, 3.05) is 11.9 Å². The number of nitrogens with zero attached hydrogens (tertiary/aromatic N) is 5. The van der Waals surface area contributed by atoms with Gasteiger partial charge in [0.25, 0.3) is 11.7 Å². The first kappa shape index (κ1) is 15.5. The molecule has 9 heteroatoms. The van der Waals surface area contributed by atoms with E-state index in [0.29, 0.717) is 17.5 Å². The number of carbonyl (C=O) groups excluding carboxylic acids is 1. The maximum absolute atomic E-state index is 12.4. The predicted molar refractivity (Wildman–Crippen MR) is 94.3 cm³/mol. The Balaban J connectivity index is 1.61. The van der Waals surface area contributed by atoms with Gasteiger partial charge in [-0.1, -0.05) is 11.3 Å². The Bertz CT molecular complexity index is 1090. The molecule has 0 bridgehead atoms. The molecule has 4 aromatic rings. The molecule has 0 aliphatic heterocycles. The molecular formula is C16H14N6O2S. The molecule has 8 nitrogen and oxygen atoms in total. The number of aromatic nitrogens is 5. The Hall–Kier alpha value is -3.07. The third-order valence-corrected chi connectivity index (χ3v) is 4.46. The van der Waals surface area contributed by atoms with Crippen molar-refractivity contribution in [1.29, 1.82) is 0 Å². The van der Waals surface area contributed by atoms with E-state index in [1.807, 2.05) is 32.0 Å². The highest BCUT2D eigenvalue weighted by atomic mass is 32.1. The number of fused-ring (bicyclic) bond motifs is 2. The van der Waals surface area contributed by atoms with E-state index < -0.39 is 5.91 Å². The highest BCUT2D eigenvalue weighted by Gasteiger charge is 2.16. The molecule has 4 rings (SSSR count). The van der Waals surface area contributed by atoms with Gasteiger partial charge >= 0.3 is 0 Å². The molecule has 3 heterocycles. The molecule has 0 fully saturated rings. The van der Waals surface area contributed by atoms with E-state index in [4.69, 9.17) is 4.74 Å².